The van der Waals surface area contributed by atoms with Crippen molar-refractivity contribution in [2.24, 2.45) is 5.92 Å². The SMILES string of the molecule is CCOc1ccc(OCC)c(S(=O)(=O)Nc2cnc(N3CCC(C)CC3)nc2)c1. The monoisotopic (exact) mass is 420 g/mol. The van der Waals surface area contributed by atoms with E-state index < -0.39 is 10.0 Å². The average molecular weight is 421 g/mol. The Bertz CT molecular complexity index is 911. The van der Waals surface area contributed by atoms with Crippen LogP contribution in [0.1, 0.15) is 33.6 Å². The molecular weight excluding hydrogens is 392 g/mol. The topological polar surface area (TPSA) is 93.6 Å². The molecule has 0 bridgehead atoms. The molecule has 0 atom stereocenters. The first-order chi connectivity index (χ1) is 13.9. The first-order valence-electron chi connectivity index (χ1n) is 9.92. The number of sulfonamides is 1. The Hall–Kier alpha value is -2.55. The summed E-state index contributed by atoms with van der Waals surface area (Å²) < 4.78 is 39.4. The number of ether oxygens (including phenoxy) is 2. The molecule has 29 heavy (non-hydrogen) atoms. The number of hydrogen-bond acceptors (Lipinski definition) is 7. The molecule has 158 valence electrons. The van der Waals surface area contributed by atoms with Crippen LogP contribution in [0.25, 0.3) is 0 Å². The van der Waals surface area contributed by atoms with Gasteiger partial charge in [-0.2, -0.15) is 0 Å². The molecule has 0 radical (unpaired) electrons. The summed E-state index contributed by atoms with van der Waals surface area (Å²) in [6, 6.07) is 4.74. The van der Waals surface area contributed by atoms with Gasteiger partial charge in [-0.15, -0.1) is 0 Å². The molecule has 2 heterocycles. The van der Waals surface area contributed by atoms with E-state index in [0.717, 1.165) is 25.9 Å². The molecule has 0 unspecified atom stereocenters. The van der Waals surface area contributed by atoms with E-state index in [1.54, 1.807) is 19.1 Å². The number of nitrogens with one attached hydrogen (secondary N) is 1. The van der Waals surface area contributed by atoms with E-state index in [0.29, 0.717) is 36.5 Å². The predicted octanol–water partition coefficient (Wildman–Crippen LogP) is 3.31. The minimum atomic E-state index is -3.90. The van der Waals surface area contributed by atoms with E-state index in [1.807, 2.05) is 6.92 Å². The first-order valence-corrected chi connectivity index (χ1v) is 11.4. The van der Waals surface area contributed by atoms with Gasteiger partial charge in [-0.1, -0.05) is 6.92 Å². The lowest BCUT2D eigenvalue weighted by atomic mass is 10.00. The normalized spacial score (nSPS) is 15.2. The molecule has 1 aromatic carbocycles. The molecule has 1 fully saturated rings. The Morgan fingerprint density at radius 3 is 2.38 bits per heavy atom. The number of rotatable bonds is 8. The standard InChI is InChI=1S/C20H28N4O4S/c1-4-27-17-6-7-18(28-5-2)19(12-17)29(25,26)23-16-13-21-20(22-14-16)24-10-8-15(3)9-11-24/h6-7,12-15,23H,4-5,8-11H2,1-3H3. The van der Waals surface area contributed by atoms with Crippen molar-refractivity contribution < 1.29 is 17.9 Å². The van der Waals surface area contributed by atoms with E-state index in [1.165, 1.54) is 18.5 Å². The molecule has 0 saturated carbocycles. The van der Waals surface area contributed by atoms with Gasteiger partial charge in [-0.3, -0.25) is 4.72 Å². The number of aromatic nitrogens is 2. The molecular formula is C20H28N4O4S. The summed E-state index contributed by atoms with van der Waals surface area (Å²) in [4.78, 5) is 10.8. The van der Waals surface area contributed by atoms with Gasteiger partial charge in [-0.25, -0.2) is 18.4 Å². The van der Waals surface area contributed by atoms with Gasteiger partial charge >= 0.3 is 0 Å². The predicted molar refractivity (Wildman–Crippen MR) is 112 cm³/mol. The zero-order valence-electron chi connectivity index (χ0n) is 17.1. The summed E-state index contributed by atoms with van der Waals surface area (Å²) in [7, 11) is -3.90. The third-order valence-corrected chi connectivity index (χ3v) is 6.17. The van der Waals surface area contributed by atoms with Crippen molar-refractivity contribution in [1.82, 2.24) is 9.97 Å². The van der Waals surface area contributed by atoms with Gasteiger partial charge in [0.05, 0.1) is 31.3 Å². The molecule has 8 nitrogen and oxygen atoms in total. The average Bonchev–Trinajstić information content (AvgIpc) is 2.70. The molecule has 1 saturated heterocycles. The lowest BCUT2D eigenvalue weighted by Gasteiger charge is -2.30. The fourth-order valence-corrected chi connectivity index (χ4v) is 4.37. The van der Waals surface area contributed by atoms with Crippen LogP contribution in [0.4, 0.5) is 11.6 Å². The maximum Gasteiger partial charge on any atom is 0.265 e. The number of nitrogens with zero attached hydrogens (tertiary/aromatic N) is 3. The quantitative estimate of drug-likeness (QED) is 0.700. The molecule has 1 N–H and O–H groups in total. The Morgan fingerprint density at radius 1 is 1.10 bits per heavy atom. The smallest absolute Gasteiger partial charge is 0.265 e. The van der Waals surface area contributed by atoms with Crippen LogP contribution < -0.4 is 19.1 Å². The van der Waals surface area contributed by atoms with E-state index in [9.17, 15) is 8.42 Å². The van der Waals surface area contributed by atoms with E-state index >= 15 is 0 Å². The van der Waals surface area contributed by atoms with E-state index in [4.69, 9.17) is 9.47 Å². The number of piperidine rings is 1. The van der Waals surface area contributed by atoms with Gasteiger partial charge < -0.3 is 14.4 Å². The lowest BCUT2D eigenvalue weighted by molar-refractivity contribution is 0.322. The summed E-state index contributed by atoms with van der Waals surface area (Å²) in [5.41, 5.74) is 0.295. The summed E-state index contributed by atoms with van der Waals surface area (Å²) in [6.07, 6.45) is 5.19. The minimum absolute atomic E-state index is 0.0133. The first kappa shape index (κ1) is 21.2. The van der Waals surface area contributed by atoms with Crippen molar-refractivity contribution in [2.45, 2.75) is 38.5 Å². The van der Waals surface area contributed by atoms with Gasteiger partial charge in [-0.05, 0) is 44.7 Å². The van der Waals surface area contributed by atoms with Crippen LogP contribution in [0.2, 0.25) is 0 Å². The van der Waals surface area contributed by atoms with Crippen LogP contribution >= 0.6 is 0 Å². The number of hydrogen-bond donors (Lipinski definition) is 1. The van der Waals surface area contributed by atoms with Crippen molar-refractivity contribution in [3.05, 3.63) is 30.6 Å². The molecule has 0 aliphatic carbocycles. The summed E-state index contributed by atoms with van der Waals surface area (Å²) in [6.45, 7) is 8.49. The fraction of sp³-hybridized carbons (Fsp3) is 0.500. The number of benzene rings is 1. The summed E-state index contributed by atoms with van der Waals surface area (Å²) in [5.74, 6) is 2.06. The van der Waals surface area contributed by atoms with Crippen molar-refractivity contribution in [2.75, 3.05) is 35.9 Å². The van der Waals surface area contributed by atoms with Gasteiger partial charge in [0, 0.05) is 19.2 Å². The van der Waals surface area contributed by atoms with Crippen LogP contribution in [0.3, 0.4) is 0 Å². The highest BCUT2D eigenvalue weighted by molar-refractivity contribution is 7.92. The molecule has 3 rings (SSSR count). The van der Waals surface area contributed by atoms with Crippen molar-refractivity contribution in [3.63, 3.8) is 0 Å². The second-order valence-corrected chi connectivity index (χ2v) is 8.67. The van der Waals surface area contributed by atoms with Gasteiger partial charge in [0.25, 0.3) is 10.0 Å². The van der Waals surface area contributed by atoms with Crippen LogP contribution in [0, 0.1) is 5.92 Å². The van der Waals surface area contributed by atoms with E-state index in [-0.39, 0.29) is 10.6 Å². The maximum absolute atomic E-state index is 13.0. The summed E-state index contributed by atoms with van der Waals surface area (Å²) >= 11 is 0. The second kappa shape index (κ2) is 9.30. The Labute approximate surface area is 172 Å². The van der Waals surface area contributed by atoms with Crippen LogP contribution in [-0.4, -0.2) is 44.7 Å². The Morgan fingerprint density at radius 2 is 1.76 bits per heavy atom. The van der Waals surface area contributed by atoms with Gasteiger partial charge in [0.1, 0.15) is 16.4 Å². The molecule has 9 heteroatoms. The van der Waals surface area contributed by atoms with Crippen LogP contribution in [0.15, 0.2) is 35.5 Å². The second-order valence-electron chi connectivity index (χ2n) is 7.02. The molecule has 1 aromatic heterocycles. The molecule has 0 spiro atoms. The highest BCUT2D eigenvalue weighted by atomic mass is 32.2. The lowest BCUT2D eigenvalue weighted by Crippen LogP contribution is -2.34. The Balaban J connectivity index is 1.79. The zero-order chi connectivity index (χ0) is 20.9. The van der Waals surface area contributed by atoms with Gasteiger partial charge in [0.15, 0.2) is 0 Å². The summed E-state index contributed by atoms with van der Waals surface area (Å²) in [5, 5.41) is 0. The molecule has 1 aliphatic rings. The third kappa shape index (κ3) is 5.29. The maximum atomic E-state index is 13.0. The third-order valence-electron chi connectivity index (χ3n) is 4.77. The van der Waals surface area contributed by atoms with Gasteiger partial charge in [0.2, 0.25) is 5.95 Å². The molecule has 0 amide bonds. The largest absolute Gasteiger partial charge is 0.494 e. The van der Waals surface area contributed by atoms with Crippen LogP contribution in [-0.2, 0) is 10.0 Å². The van der Waals surface area contributed by atoms with Crippen molar-refractivity contribution in [3.8, 4) is 11.5 Å². The Kier molecular flexibility index (Phi) is 6.79. The fourth-order valence-electron chi connectivity index (χ4n) is 3.19. The highest BCUT2D eigenvalue weighted by Gasteiger charge is 2.22. The van der Waals surface area contributed by atoms with Crippen molar-refractivity contribution in [1.29, 1.82) is 0 Å². The molecule has 1 aliphatic heterocycles. The van der Waals surface area contributed by atoms with Crippen LogP contribution in [0.5, 0.6) is 11.5 Å². The highest BCUT2D eigenvalue weighted by Crippen LogP contribution is 2.30. The molecule has 2 aromatic rings. The zero-order valence-corrected chi connectivity index (χ0v) is 17.9. The minimum Gasteiger partial charge on any atom is -0.494 e. The van der Waals surface area contributed by atoms with Crippen molar-refractivity contribution >= 4 is 21.7 Å². The van der Waals surface area contributed by atoms with E-state index in [2.05, 4.69) is 26.5 Å². The number of anilines is 2.